The van der Waals surface area contributed by atoms with Gasteiger partial charge in [0.2, 0.25) is 0 Å². The molecule has 2 nitrogen and oxygen atoms in total. The first-order valence-corrected chi connectivity index (χ1v) is 13.5. The van der Waals surface area contributed by atoms with Gasteiger partial charge in [0.15, 0.2) is 0 Å². The molecule has 0 aliphatic heterocycles. The Morgan fingerprint density at radius 1 is 0.310 bits per heavy atom. The van der Waals surface area contributed by atoms with Gasteiger partial charge < -0.3 is 8.97 Å². The van der Waals surface area contributed by atoms with E-state index in [4.69, 9.17) is 0 Å². The molecule has 0 aliphatic carbocycles. The summed E-state index contributed by atoms with van der Waals surface area (Å²) in [6.45, 7) is 10.0. The molecule has 0 aromatic rings. The first-order valence-electron chi connectivity index (χ1n) is 13.5. The molecule has 29 heavy (non-hydrogen) atoms. The van der Waals surface area contributed by atoms with Gasteiger partial charge in [-0.3, -0.25) is 0 Å². The number of hydrogen-bond donors (Lipinski definition) is 0. The fraction of sp³-hybridized carbons (Fsp3) is 1.00. The summed E-state index contributed by atoms with van der Waals surface area (Å²) >= 11 is 0. The van der Waals surface area contributed by atoms with Crippen LogP contribution in [0.15, 0.2) is 0 Å². The molecule has 0 aromatic carbocycles. The molecule has 0 aliphatic rings. The number of unbranched alkanes of at least 4 members (excludes halogenated alkanes) is 14. The zero-order valence-electron chi connectivity index (χ0n) is 21.7. The number of quaternary nitrogens is 2. The maximum Gasteiger partial charge on any atom is 0.0836 e. The highest BCUT2D eigenvalue weighted by molar-refractivity contribution is 4.48. The minimum Gasteiger partial charge on any atom is -0.328 e. The quantitative estimate of drug-likeness (QED) is 0.126. The van der Waals surface area contributed by atoms with Gasteiger partial charge in [-0.25, -0.2) is 0 Å². The molecular formula is C27H60N2+2. The van der Waals surface area contributed by atoms with E-state index >= 15 is 0 Å². The molecule has 0 spiro atoms. The summed E-state index contributed by atoms with van der Waals surface area (Å²) < 4.78 is 2.43. The lowest BCUT2D eigenvalue weighted by atomic mass is 10.1. The highest BCUT2D eigenvalue weighted by Crippen LogP contribution is 2.13. The van der Waals surface area contributed by atoms with Crippen LogP contribution in [0.2, 0.25) is 0 Å². The number of rotatable bonds is 22. The zero-order chi connectivity index (χ0) is 21.8. The molecule has 0 aromatic heterocycles. The van der Waals surface area contributed by atoms with Crippen molar-refractivity contribution in [3.63, 3.8) is 0 Å². The smallest absolute Gasteiger partial charge is 0.0836 e. The topological polar surface area (TPSA) is 0 Å². The molecule has 0 rings (SSSR count). The van der Waals surface area contributed by atoms with Crippen molar-refractivity contribution in [1.82, 2.24) is 0 Å². The SMILES string of the molecule is CCCCCCCCCC[N+](C)(C)CCC[N+](C)(C)CCCCCCCCCC. The minimum absolute atomic E-state index is 1.22. The van der Waals surface area contributed by atoms with Crippen LogP contribution in [0.5, 0.6) is 0 Å². The normalized spacial score (nSPS) is 12.6. The van der Waals surface area contributed by atoms with E-state index in [1.165, 1.54) is 144 Å². The van der Waals surface area contributed by atoms with Crippen molar-refractivity contribution in [3.8, 4) is 0 Å². The first kappa shape index (κ1) is 28.9. The van der Waals surface area contributed by atoms with Gasteiger partial charge in [-0.15, -0.1) is 0 Å². The summed E-state index contributed by atoms with van der Waals surface area (Å²) in [5.74, 6) is 0. The van der Waals surface area contributed by atoms with E-state index in [0.29, 0.717) is 0 Å². The lowest BCUT2D eigenvalue weighted by molar-refractivity contribution is -0.909. The van der Waals surface area contributed by atoms with E-state index < -0.39 is 0 Å². The van der Waals surface area contributed by atoms with Crippen molar-refractivity contribution in [2.75, 3.05) is 54.4 Å². The average Bonchev–Trinajstić information content (AvgIpc) is 2.65. The molecule has 0 N–H and O–H groups in total. The van der Waals surface area contributed by atoms with Gasteiger partial charge in [0.25, 0.3) is 0 Å². The predicted molar refractivity (Wildman–Crippen MR) is 134 cm³/mol. The molecule has 0 radical (unpaired) electrons. The van der Waals surface area contributed by atoms with Gasteiger partial charge >= 0.3 is 0 Å². The second-order valence-corrected chi connectivity index (χ2v) is 11.1. The van der Waals surface area contributed by atoms with Gasteiger partial charge in [-0.05, 0) is 25.7 Å². The summed E-state index contributed by atoms with van der Waals surface area (Å²) in [6, 6.07) is 0. The second-order valence-electron chi connectivity index (χ2n) is 11.1. The summed E-state index contributed by atoms with van der Waals surface area (Å²) in [5.41, 5.74) is 0. The molecule has 176 valence electrons. The maximum atomic E-state index is 2.44. The second kappa shape index (κ2) is 18.7. The van der Waals surface area contributed by atoms with Crippen LogP contribution in [0.4, 0.5) is 0 Å². The van der Waals surface area contributed by atoms with E-state index in [2.05, 4.69) is 42.0 Å². The van der Waals surface area contributed by atoms with Crippen molar-refractivity contribution in [1.29, 1.82) is 0 Å². The van der Waals surface area contributed by atoms with Gasteiger partial charge in [0.1, 0.15) is 0 Å². The molecule has 0 saturated heterocycles. The van der Waals surface area contributed by atoms with Crippen LogP contribution < -0.4 is 0 Å². The van der Waals surface area contributed by atoms with E-state index in [0.717, 1.165) is 0 Å². The molecule has 0 fully saturated rings. The Labute approximate surface area is 186 Å². The third-order valence-corrected chi connectivity index (χ3v) is 6.76. The fourth-order valence-electron chi connectivity index (χ4n) is 4.50. The Bertz CT molecular complexity index is 303. The lowest BCUT2D eigenvalue weighted by Gasteiger charge is -2.33. The van der Waals surface area contributed by atoms with E-state index in [-0.39, 0.29) is 0 Å². The molecule has 2 heteroatoms. The van der Waals surface area contributed by atoms with Gasteiger partial charge in [-0.2, -0.15) is 0 Å². The Balaban J connectivity index is 3.65. The van der Waals surface area contributed by atoms with Crippen molar-refractivity contribution in [3.05, 3.63) is 0 Å². The summed E-state index contributed by atoms with van der Waals surface area (Å²) in [7, 11) is 9.78. The molecule has 0 heterocycles. The third kappa shape index (κ3) is 21.0. The predicted octanol–water partition coefficient (Wildman–Crippen LogP) is 7.81. The van der Waals surface area contributed by atoms with Crippen LogP contribution in [0.3, 0.4) is 0 Å². The molecule has 0 amide bonds. The average molecular weight is 413 g/mol. The lowest BCUT2D eigenvalue weighted by Crippen LogP contribution is -2.46. The molecule has 0 saturated carbocycles. The van der Waals surface area contributed by atoms with Crippen LogP contribution >= 0.6 is 0 Å². The van der Waals surface area contributed by atoms with Gasteiger partial charge in [0.05, 0.1) is 54.4 Å². The zero-order valence-corrected chi connectivity index (χ0v) is 21.7. The summed E-state index contributed by atoms with van der Waals surface area (Å²) in [6.07, 6.45) is 24.3. The van der Waals surface area contributed by atoms with E-state index in [1.807, 2.05) is 0 Å². The largest absolute Gasteiger partial charge is 0.328 e. The van der Waals surface area contributed by atoms with Crippen LogP contribution in [-0.2, 0) is 0 Å². The Morgan fingerprint density at radius 3 is 0.862 bits per heavy atom. The number of nitrogens with zero attached hydrogens (tertiary/aromatic N) is 2. The summed E-state index contributed by atoms with van der Waals surface area (Å²) in [4.78, 5) is 0. The van der Waals surface area contributed by atoms with E-state index in [9.17, 15) is 0 Å². The van der Waals surface area contributed by atoms with Crippen molar-refractivity contribution < 1.29 is 8.97 Å². The molecule has 0 bridgehead atoms. The highest BCUT2D eigenvalue weighted by atomic mass is 15.3. The molecule has 0 atom stereocenters. The van der Waals surface area contributed by atoms with Crippen LogP contribution in [-0.4, -0.2) is 63.3 Å². The summed E-state index contributed by atoms with van der Waals surface area (Å²) in [5, 5.41) is 0. The van der Waals surface area contributed by atoms with Crippen LogP contribution in [0, 0.1) is 0 Å². The van der Waals surface area contributed by atoms with E-state index in [1.54, 1.807) is 0 Å². The van der Waals surface area contributed by atoms with Crippen molar-refractivity contribution in [2.45, 2.75) is 123 Å². The molecular weight excluding hydrogens is 352 g/mol. The molecule has 0 unspecified atom stereocenters. The standard InChI is InChI=1S/C27H60N2/c1-7-9-11-13-15-17-19-21-24-28(3,4)26-23-27-29(5,6)25-22-20-18-16-14-12-10-8-2/h7-27H2,1-6H3/q+2. The Morgan fingerprint density at radius 2 is 0.552 bits per heavy atom. The van der Waals surface area contributed by atoms with Crippen molar-refractivity contribution in [2.24, 2.45) is 0 Å². The monoisotopic (exact) mass is 412 g/mol. The van der Waals surface area contributed by atoms with Gasteiger partial charge in [0, 0.05) is 6.42 Å². The third-order valence-electron chi connectivity index (χ3n) is 6.76. The number of hydrogen-bond acceptors (Lipinski definition) is 0. The highest BCUT2D eigenvalue weighted by Gasteiger charge is 2.19. The van der Waals surface area contributed by atoms with Crippen molar-refractivity contribution >= 4 is 0 Å². The Kier molecular flexibility index (Phi) is 18.6. The maximum absolute atomic E-state index is 2.44. The Hall–Kier alpha value is -0.0800. The van der Waals surface area contributed by atoms with Crippen LogP contribution in [0.25, 0.3) is 0 Å². The first-order chi connectivity index (χ1) is 13.8. The fourth-order valence-corrected chi connectivity index (χ4v) is 4.50. The van der Waals surface area contributed by atoms with Gasteiger partial charge in [-0.1, -0.05) is 90.9 Å². The minimum atomic E-state index is 1.22. The van der Waals surface area contributed by atoms with Crippen LogP contribution in [0.1, 0.15) is 123 Å².